The lowest BCUT2D eigenvalue weighted by molar-refractivity contribution is 0.515. The average Bonchev–Trinajstić information content (AvgIpc) is 2.27. The Balaban J connectivity index is 2.98. The molecule has 0 aromatic heterocycles. The van der Waals surface area contributed by atoms with E-state index in [2.05, 4.69) is 55.3 Å². The normalized spacial score (nSPS) is 13.3. The van der Waals surface area contributed by atoms with E-state index >= 15 is 0 Å². The summed E-state index contributed by atoms with van der Waals surface area (Å²) in [4.78, 5) is 4.55. The largest absolute Gasteiger partial charge is 0.281 e. The summed E-state index contributed by atoms with van der Waals surface area (Å²) in [5, 5.41) is 11.1. The summed E-state index contributed by atoms with van der Waals surface area (Å²) in [5.41, 5.74) is 2.43. The molecule has 0 unspecified atom stereocenters. The maximum Gasteiger partial charge on any atom is 0.182 e. The van der Waals surface area contributed by atoms with Crippen LogP contribution in [0.15, 0.2) is 29.3 Å². The fourth-order valence-electron chi connectivity index (χ4n) is 1.69. The molecular formula is C14H19N3. The number of hydrogen-bond donors (Lipinski definition) is 1. The molecule has 0 heterocycles. The van der Waals surface area contributed by atoms with Gasteiger partial charge in [-0.05, 0) is 25.3 Å². The molecule has 1 N–H and O–H groups in total. The van der Waals surface area contributed by atoms with Crippen LogP contribution in [0.4, 0.5) is 0 Å². The van der Waals surface area contributed by atoms with Crippen molar-refractivity contribution in [2.45, 2.75) is 33.7 Å². The molecule has 90 valence electrons. The van der Waals surface area contributed by atoms with Gasteiger partial charge >= 0.3 is 0 Å². The van der Waals surface area contributed by atoms with E-state index in [1.807, 2.05) is 13.1 Å². The monoisotopic (exact) mass is 229 g/mol. The second-order valence-electron chi connectivity index (χ2n) is 4.55. The van der Waals surface area contributed by atoms with E-state index in [0.717, 1.165) is 0 Å². The number of nitriles is 1. The van der Waals surface area contributed by atoms with Crippen molar-refractivity contribution in [3.8, 4) is 6.19 Å². The molecule has 0 saturated heterocycles. The van der Waals surface area contributed by atoms with E-state index in [0.29, 0.717) is 11.8 Å². The summed E-state index contributed by atoms with van der Waals surface area (Å²) in [6, 6.07) is 8.48. The van der Waals surface area contributed by atoms with Crippen molar-refractivity contribution in [1.82, 2.24) is 5.32 Å². The van der Waals surface area contributed by atoms with Crippen LogP contribution in [0.3, 0.4) is 0 Å². The van der Waals surface area contributed by atoms with Crippen molar-refractivity contribution in [1.29, 1.82) is 5.26 Å². The molecule has 1 rings (SSSR count). The highest BCUT2D eigenvalue weighted by molar-refractivity contribution is 5.81. The van der Waals surface area contributed by atoms with Crippen LogP contribution in [0.25, 0.3) is 0 Å². The molecule has 3 nitrogen and oxygen atoms in total. The lowest BCUT2D eigenvalue weighted by Crippen LogP contribution is -2.16. The van der Waals surface area contributed by atoms with E-state index < -0.39 is 0 Å². The highest BCUT2D eigenvalue weighted by Crippen LogP contribution is 2.26. The Morgan fingerprint density at radius 2 is 1.88 bits per heavy atom. The number of aryl methyl sites for hydroxylation is 1. The van der Waals surface area contributed by atoms with Gasteiger partial charge < -0.3 is 0 Å². The van der Waals surface area contributed by atoms with Gasteiger partial charge in [-0.25, -0.2) is 0 Å². The highest BCUT2D eigenvalue weighted by atomic mass is 15.0. The maximum absolute atomic E-state index is 8.55. The first kappa shape index (κ1) is 13.2. The molecule has 1 aromatic carbocycles. The van der Waals surface area contributed by atoms with Gasteiger partial charge in [0.25, 0.3) is 0 Å². The van der Waals surface area contributed by atoms with E-state index in [-0.39, 0.29) is 6.04 Å². The fourth-order valence-corrected chi connectivity index (χ4v) is 1.69. The van der Waals surface area contributed by atoms with Gasteiger partial charge in [-0.1, -0.05) is 43.7 Å². The minimum absolute atomic E-state index is 0.0939. The molecule has 17 heavy (non-hydrogen) atoms. The van der Waals surface area contributed by atoms with Crippen molar-refractivity contribution in [3.05, 3.63) is 35.4 Å². The molecule has 0 spiro atoms. The SMILES string of the molecule is CC(=N[C@H](c1ccc(C)cc1)C(C)C)NC#N. The molecule has 3 heteroatoms. The number of rotatable bonds is 3. The van der Waals surface area contributed by atoms with Crippen LogP contribution in [-0.4, -0.2) is 5.84 Å². The molecular weight excluding hydrogens is 210 g/mol. The Morgan fingerprint density at radius 3 is 2.35 bits per heavy atom. The first-order chi connectivity index (χ1) is 8.04. The van der Waals surface area contributed by atoms with Crippen molar-refractivity contribution < 1.29 is 0 Å². The molecule has 1 aromatic rings. The van der Waals surface area contributed by atoms with Crippen molar-refractivity contribution in [2.75, 3.05) is 0 Å². The van der Waals surface area contributed by atoms with E-state index in [4.69, 9.17) is 5.26 Å². The summed E-state index contributed by atoms with van der Waals surface area (Å²) in [7, 11) is 0. The third-order valence-electron chi connectivity index (χ3n) is 2.62. The summed E-state index contributed by atoms with van der Waals surface area (Å²) >= 11 is 0. The summed E-state index contributed by atoms with van der Waals surface area (Å²) < 4.78 is 0. The smallest absolute Gasteiger partial charge is 0.182 e. The zero-order valence-corrected chi connectivity index (χ0v) is 10.9. The molecule has 0 amide bonds. The van der Waals surface area contributed by atoms with Crippen LogP contribution in [0.5, 0.6) is 0 Å². The zero-order chi connectivity index (χ0) is 12.8. The number of nitrogens with zero attached hydrogens (tertiary/aromatic N) is 2. The quantitative estimate of drug-likeness (QED) is 0.374. The molecule has 0 aliphatic carbocycles. The maximum atomic E-state index is 8.55. The van der Waals surface area contributed by atoms with Gasteiger partial charge in [-0.15, -0.1) is 0 Å². The van der Waals surface area contributed by atoms with Gasteiger partial charge in [-0.3, -0.25) is 10.3 Å². The Morgan fingerprint density at radius 1 is 1.29 bits per heavy atom. The minimum atomic E-state index is 0.0939. The molecule has 0 radical (unpaired) electrons. The van der Waals surface area contributed by atoms with Gasteiger partial charge in [-0.2, -0.15) is 5.26 Å². The van der Waals surface area contributed by atoms with Gasteiger partial charge in [0, 0.05) is 0 Å². The Bertz CT molecular complexity index is 424. The van der Waals surface area contributed by atoms with Gasteiger partial charge in [0.05, 0.1) is 6.04 Å². The van der Waals surface area contributed by atoms with Gasteiger partial charge in [0.2, 0.25) is 0 Å². The van der Waals surface area contributed by atoms with Crippen LogP contribution >= 0.6 is 0 Å². The molecule has 0 aliphatic rings. The number of amidine groups is 1. The van der Waals surface area contributed by atoms with E-state index in [1.54, 1.807) is 0 Å². The average molecular weight is 229 g/mol. The fraction of sp³-hybridized carbons (Fsp3) is 0.429. The first-order valence-electron chi connectivity index (χ1n) is 5.80. The number of hydrogen-bond acceptors (Lipinski definition) is 2. The second kappa shape index (κ2) is 6.05. The number of nitrogens with one attached hydrogen (secondary N) is 1. The predicted molar refractivity (Wildman–Crippen MR) is 70.6 cm³/mol. The second-order valence-corrected chi connectivity index (χ2v) is 4.55. The standard InChI is InChI=1S/C14H19N3/c1-10(2)14(17-12(4)16-9-15)13-7-5-11(3)6-8-13/h5-8,10,14H,1-4H3,(H,16,17)/t14-/m0/s1. The third kappa shape index (κ3) is 3.92. The predicted octanol–water partition coefficient (Wildman–Crippen LogP) is 3.18. The lowest BCUT2D eigenvalue weighted by atomic mass is 9.96. The van der Waals surface area contributed by atoms with Crippen LogP contribution in [-0.2, 0) is 0 Å². The number of benzene rings is 1. The van der Waals surface area contributed by atoms with Crippen LogP contribution < -0.4 is 5.32 Å². The Labute approximate surface area is 103 Å². The molecule has 0 fully saturated rings. The first-order valence-corrected chi connectivity index (χ1v) is 5.80. The highest BCUT2D eigenvalue weighted by Gasteiger charge is 2.14. The van der Waals surface area contributed by atoms with E-state index in [1.165, 1.54) is 11.1 Å². The molecule has 0 saturated carbocycles. The third-order valence-corrected chi connectivity index (χ3v) is 2.62. The summed E-state index contributed by atoms with van der Waals surface area (Å²) in [6.07, 6.45) is 1.89. The van der Waals surface area contributed by atoms with Gasteiger partial charge in [0.1, 0.15) is 5.84 Å². The molecule has 0 aliphatic heterocycles. The van der Waals surface area contributed by atoms with Crippen LogP contribution in [0, 0.1) is 24.3 Å². The summed E-state index contributed by atoms with van der Waals surface area (Å²) in [5.74, 6) is 1.06. The van der Waals surface area contributed by atoms with Gasteiger partial charge in [0.15, 0.2) is 6.19 Å². The van der Waals surface area contributed by atoms with E-state index in [9.17, 15) is 0 Å². The zero-order valence-electron chi connectivity index (χ0n) is 10.9. The van der Waals surface area contributed by atoms with Crippen molar-refractivity contribution in [2.24, 2.45) is 10.9 Å². The van der Waals surface area contributed by atoms with Crippen molar-refractivity contribution in [3.63, 3.8) is 0 Å². The molecule has 0 bridgehead atoms. The number of aliphatic imine (C=N–C) groups is 1. The molecule has 1 atom stereocenters. The van der Waals surface area contributed by atoms with Crippen LogP contribution in [0.2, 0.25) is 0 Å². The minimum Gasteiger partial charge on any atom is -0.281 e. The summed E-state index contributed by atoms with van der Waals surface area (Å²) in [6.45, 7) is 8.15. The topological polar surface area (TPSA) is 48.2 Å². The lowest BCUT2D eigenvalue weighted by Gasteiger charge is -2.18. The van der Waals surface area contributed by atoms with Crippen molar-refractivity contribution >= 4 is 5.84 Å². The Hall–Kier alpha value is -1.82. The van der Waals surface area contributed by atoms with Crippen LogP contribution in [0.1, 0.15) is 37.9 Å². The Kier molecular flexibility index (Phi) is 4.71.